The van der Waals surface area contributed by atoms with Crippen molar-refractivity contribution in [3.8, 4) is 0 Å². The molecule has 0 saturated carbocycles. The molecule has 1 aromatic carbocycles. The lowest BCUT2D eigenvalue weighted by Crippen LogP contribution is -2.37. The summed E-state index contributed by atoms with van der Waals surface area (Å²) in [6, 6.07) is 5.27. The van der Waals surface area contributed by atoms with Crippen molar-refractivity contribution in [2.75, 3.05) is 32.7 Å². The molecule has 0 amide bonds. The van der Waals surface area contributed by atoms with Crippen molar-refractivity contribution in [1.29, 1.82) is 0 Å². The number of nitrogens with zero attached hydrogens (tertiary/aromatic N) is 2. The van der Waals surface area contributed by atoms with Gasteiger partial charge in [0.25, 0.3) is 0 Å². The maximum atomic E-state index is 13.7. The van der Waals surface area contributed by atoms with Crippen LogP contribution in [0.5, 0.6) is 0 Å². The van der Waals surface area contributed by atoms with Gasteiger partial charge in [-0.25, -0.2) is 12.8 Å². The summed E-state index contributed by atoms with van der Waals surface area (Å²) in [5, 5.41) is 8.77. The number of carboxylic acids is 1. The van der Waals surface area contributed by atoms with E-state index in [0.717, 1.165) is 6.07 Å². The zero-order valence-corrected chi connectivity index (χ0v) is 12.2. The molecule has 0 bridgehead atoms. The minimum absolute atomic E-state index is 0.117. The Bertz CT molecular complexity index is 620. The monoisotopic (exact) mass is 316 g/mol. The second kappa shape index (κ2) is 6.50. The minimum atomic E-state index is -3.88. The molecule has 2 rings (SSSR count). The van der Waals surface area contributed by atoms with Crippen LogP contribution in [0.1, 0.15) is 6.42 Å². The number of benzene rings is 1. The van der Waals surface area contributed by atoms with Crippen LogP contribution in [0, 0.1) is 5.82 Å². The van der Waals surface area contributed by atoms with E-state index in [0.29, 0.717) is 19.5 Å². The summed E-state index contributed by atoms with van der Waals surface area (Å²) in [5.41, 5.74) is 0. The van der Waals surface area contributed by atoms with Crippen LogP contribution in [-0.4, -0.2) is 61.4 Å². The van der Waals surface area contributed by atoms with Gasteiger partial charge in [-0.15, -0.1) is 0 Å². The first-order chi connectivity index (χ1) is 9.91. The van der Waals surface area contributed by atoms with E-state index in [9.17, 15) is 17.6 Å². The largest absolute Gasteiger partial charge is 0.480 e. The first-order valence-corrected chi connectivity index (χ1v) is 8.04. The van der Waals surface area contributed by atoms with Crippen molar-refractivity contribution in [3.05, 3.63) is 30.1 Å². The molecule has 8 heteroatoms. The number of rotatable bonds is 4. The van der Waals surface area contributed by atoms with E-state index in [1.54, 1.807) is 4.90 Å². The minimum Gasteiger partial charge on any atom is -0.480 e. The highest BCUT2D eigenvalue weighted by Crippen LogP contribution is 2.20. The summed E-state index contributed by atoms with van der Waals surface area (Å²) < 4.78 is 39.8. The molecule has 21 heavy (non-hydrogen) atoms. The fourth-order valence-electron chi connectivity index (χ4n) is 2.33. The Morgan fingerprint density at radius 3 is 2.57 bits per heavy atom. The van der Waals surface area contributed by atoms with E-state index >= 15 is 0 Å². The normalized spacial score (nSPS) is 18.3. The third-order valence-corrected chi connectivity index (χ3v) is 5.29. The molecule has 0 spiro atoms. The number of aliphatic carboxylic acids is 1. The van der Waals surface area contributed by atoms with E-state index in [4.69, 9.17) is 5.11 Å². The summed E-state index contributed by atoms with van der Waals surface area (Å²) in [6.45, 7) is 1.12. The van der Waals surface area contributed by atoms with Crippen LogP contribution in [0.25, 0.3) is 0 Å². The molecule has 1 aliphatic heterocycles. The third-order valence-electron chi connectivity index (χ3n) is 3.36. The van der Waals surface area contributed by atoms with E-state index in [1.807, 2.05) is 0 Å². The molecule has 0 aromatic heterocycles. The Morgan fingerprint density at radius 2 is 1.90 bits per heavy atom. The third kappa shape index (κ3) is 3.78. The van der Waals surface area contributed by atoms with Crippen LogP contribution in [0.2, 0.25) is 0 Å². The zero-order chi connectivity index (χ0) is 15.5. The van der Waals surface area contributed by atoms with Crippen LogP contribution in [0.3, 0.4) is 0 Å². The van der Waals surface area contributed by atoms with Gasteiger partial charge in [0.1, 0.15) is 10.7 Å². The quantitative estimate of drug-likeness (QED) is 0.880. The SMILES string of the molecule is O=C(O)CN1CCCN(S(=O)(=O)c2ccccc2F)CC1. The lowest BCUT2D eigenvalue weighted by Gasteiger charge is -2.21. The Hall–Kier alpha value is -1.51. The molecule has 0 aliphatic carbocycles. The Morgan fingerprint density at radius 1 is 1.19 bits per heavy atom. The van der Waals surface area contributed by atoms with Gasteiger partial charge < -0.3 is 5.11 Å². The standard InChI is InChI=1S/C13H17FN2O4S/c14-11-4-1-2-5-12(11)21(19,20)16-7-3-6-15(8-9-16)10-13(17)18/h1-2,4-5H,3,6-10H2,(H,17,18). The molecule has 116 valence electrons. The fourth-order valence-corrected chi connectivity index (χ4v) is 3.86. The van der Waals surface area contributed by atoms with Crippen molar-refractivity contribution in [2.45, 2.75) is 11.3 Å². The van der Waals surface area contributed by atoms with Crippen LogP contribution < -0.4 is 0 Å². The van der Waals surface area contributed by atoms with Gasteiger partial charge in [0.2, 0.25) is 10.0 Å². The van der Waals surface area contributed by atoms with Gasteiger partial charge >= 0.3 is 5.97 Å². The van der Waals surface area contributed by atoms with Gasteiger partial charge in [-0.3, -0.25) is 9.69 Å². The van der Waals surface area contributed by atoms with Crippen LogP contribution in [0.4, 0.5) is 4.39 Å². The highest BCUT2D eigenvalue weighted by molar-refractivity contribution is 7.89. The molecule has 1 heterocycles. The van der Waals surface area contributed by atoms with E-state index < -0.39 is 21.8 Å². The smallest absolute Gasteiger partial charge is 0.317 e. The van der Waals surface area contributed by atoms with Crippen molar-refractivity contribution in [3.63, 3.8) is 0 Å². The first kappa shape index (κ1) is 15.9. The van der Waals surface area contributed by atoms with Gasteiger partial charge in [-0.2, -0.15) is 4.31 Å². The Labute approximate surface area is 122 Å². The van der Waals surface area contributed by atoms with E-state index in [1.165, 1.54) is 22.5 Å². The predicted molar refractivity (Wildman–Crippen MR) is 73.9 cm³/mol. The van der Waals surface area contributed by atoms with Gasteiger partial charge in [0.15, 0.2) is 0 Å². The molecule has 1 aromatic rings. The highest BCUT2D eigenvalue weighted by atomic mass is 32.2. The number of halogens is 1. The molecular weight excluding hydrogens is 299 g/mol. The van der Waals surface area contributed by atoms with Crippen LogP contribution >= 0.6 is 0 Å². The fraction of sp³-hybridized carbons (Fsp3) is 0.462. The average molecular weight is 316 g/mol. The lowest BCUT2D eigenvalue weighted by atomic mass is 10.3. The van der Waals surface area contributed by atoms with Crippen molar-refractivity contribution in [1.82, 2.24) is 9.21 Å². The summed E-state index contributed by atoms with van der Waals surface area (Å²) in [7, 11) is -3.88. The molecule has 1 fully saturated rings. The average Bonchev–Trinajstić information content (AvgIpc) is 2.64. The van der Waals surface area contributed by atoms with Crippen molar-refractivity contribution >= 4 is 16.0 Å². The van der Waals surface area contributed by atoms with Crippen molar-refractivity contribution in [2.24, 2.45) is 0 Å². The Kier molecular flexibility index (Phi) is 4.92. The number of sulfonamides is 1. The number of hydrogen-bond donors (Lipinski definition) is 1. The van der Waals surface area contributed by atoms with Crippen LogP contribution in [0.15, 0.2) is 29.2 Å². The molecular formula is C13H17FN2O4S. The van der Waals surface area contributed by atoms with Gasteiger partial charge in [0, 0.05) is 26.2 Å². The molecule has 1 N–H and O–H groups in total. The molecule has 0 radical (unpaired) electrons. The first-order valence-electron chi connectivity index (χ1n) is 6.60. The molecule has 1 saturated heterocycles. The second-order valence-electron chi connectivity index (χ2n) is 4.86. The van der Waals surface area contributed by atoms with E-state index in [-0.39, 0.29) is 24.5 Å². The zero-order valence-electron chi connectivity index (χ0n) is 11.4. The summed E-state index contributed by atoms with van der Waals surface area (Å²) in [5.74, 6) is -1.72. The topological polar surface area (TPSA) is 77.9 Å². The summed E-state index contributed by atoms with van der Waals surface area (Å²) in [6.07, 6.45) is 0.515. The lowest BCUT2D eigenvalue weighted by molar-refractivity contribution is -0.138. The maximum Gasteiger partial charge on any atom is 0.317 e. The summed E-state index contributed by atoms with van der Waals surface area (Å²) in [4.78, 5) is 12.0. The second-order valence-corrected chi connectivity index (χ2v) is 6.76. The summed E-state index contributed by atoms with van der Waals surface area (Å²) >= 11 is 0. The van der Waals surface area contributed by atoms with Gasteiger partial charge in [-0.05, 0) is 18.6 Å². The highest BCUT2D eigenvalue weighted by Gasteiger charge is 2.29. The number of carbonyl (C=O) groups is 1. The Balaban J connectivity index is 2.15. The van der Waals surface area contributed by atoms with E-state index in [2.05, 4.69) is 0 Å². The van der Waals surface area contributed by atoms with Crippen molar-refractivity contribution < 1.29 is 22.7 Å². The van der Waals surface area contributed by atoms with Gasteiger partial charge in [-0.1, -0.05) is 12.1 Å². The van der Waals surface area contributed by atoms with Gasteiger partial charge in [0.05, 0.1) is 6.54 Å². The van der Waals surface area contributed by atoms with Crippen LogP contribution in [-0.2, 0) is 14.8 Å². The molecule has 1 aliphatic rings. The maximum absolute atomic E-state index is 13.7. The molecule has 0 unspecified atom stereocenters. The molecule has 0 atom stereocenters. The molecule has 6 nitrogen and oxygen atoms in total. The number of carboxylic acid groups (broad SMARTS) is 1. The predicted octanol–water partition coefficient (Wildman–Crippen LogP) is 0.607. The number of hydrogen-bond acceptors (Lipinski definition) is 4.